The lowest BCUT2D eigenvalue weighted by Crippen LogP contribution is -2.15. The highest BCUT2D eigenvalue weighted by molar-refractivity contribution is 7.99. The van der Waals surface area contributed by atoms with Crippen LogP contribution in [0.3, 0.4) is 0 Å². The smallest absolute Gasteiger partial charge is 0.266 e. The van der Waals surface area contributed by atoms with Gasteiger partial charge in [-0.3, -0.25) is 14.7 Å². The van der Waals surface area contributed by atoms with Gasteiger partial charge in [-0.15, -0.1) is 0 Å². The number of aromatic nitrogens is 4. The number of thioether (sulfide) groups is 1. The summed E-state index contributed by atoms with van der Waals surface area (Å²) in [6.07, 6.45) is 0. The van der Waals surface area contributed by atoms with Crippen molar-refractivity contribution in [2.45, 2.75) is 12.1 Å². The van der Waals surface area contributed by atoms with E-state index >= 15 is 0 Å². The van der Waals surface area contributed by atoms with Crippen LogP contribution in [0.25, 0.3) is 17.0 Å². The van der Waals surface area contributed by atoms with Gasteiger partial charge in [0.1, 0.15) is 5.75 Å². The van der Waals surface area contributed by atoms with Gasteiger partial charge >= 0.3 is 0 Å². The summed E-state index contributed by atoms with van der Waals surface area (Å²) >= 11 is 1.18. The molecule has 0 spiro atoms. The lowest BCUT2D eigenvalue weighted by atomic mass is 10.2. The van der Waals surface area contributed by atoms with Gasteiger partial charge in [0, 0.05) is 23.4 Å². The number of hydrogen-bond acceptors (Lipinski definition) is 8. The molecule has 10 nitrogen and oxygen atoms in total. The molecule has 0 aliphatic heterocycles. The quantitative estimate of drug-likeness (QED) is 0.350. The zero-order valence-corrected chi connectivity index (χ0v) is 19.6. The molecular formula is C23H23N5O5S. The Bertz CT molecular complexity index is 1370. The molecule has 0 unspecified atom stereocenters. The minimum absolute atomic E-state index is 0.0589. The highest BCUT2D eigenvalue weighted by atomic mass is 32.2. The Morgan fingerprint density at radius 2 is 1.82 bits per heavy atom. The van der Waals surface area contributed by atoms with Gasteiger partial charge in [0.2, 0.25) is 5.91 Å². The van der Waals surface area contributed by atoms with Crippen LogP contribution in [0.2, 0.25) is 0 Å². The largest absolute Gasteiger partial charge is 0.494 e. The highest BCUT2D eigenvalue weighted by Crippen LogP contribution is 2.30. The molecule has 1 amide bonds. The lowest BCUT2D eigenvalue weighted by Gasteiger charge is -2.11. The van der Waals surface area contributed by atoms with Crippen LogP contribution in [0.4, 0.5) is 5.69 Å². The van der Waals surface area contributed by atoms with Gasteiger partial charge in [0.05, 0.1) is 26.6 Å². The van der Waals surface area contributed by atoms with E-state index in [1.807, 2.05) is 31.2 Å². The number of carbonyl (C=O) groups excluding carboxylic acids is 1. The summed E-state index contributed by atoms with van der Waals surface area (Å²) in [4.78, 5) is 33.6. The van der Waals surface area contributed by atoms with E-state index in [2.05, 4.69) is 20.4 Å². The second-order valence-electron chi connectivity index (χ2n) is 7.01. The number of benzene rings is 2. The number of methoxy groups -OCH3 is 2. The molecule has 2 N–H and O–H groups in total. The summed E-state index contributed by atoms with van der Waals surface area (Å²) in [7, 11) is 3.07. The predicted molar refractivity (Wildman–Crippen MR) is 129 cm³/mol. The fourth-order valence-corrected chi connectivity index (χ4v) is 3.97. The molecule has 2 aromatic carbocycles. The van der Waals surface area contributed by atoms with E-state index in [-0.39, 0.29) is 17.2 Å². The number of nitrogens with zero attached hydrogens (tertiary/aromatic N) is 3. The summed E-state index contributed by atoms with van der Waals surface area (Å²) in [6.45, 7) is 2.49. The van der Waals surface area contributed by atoms with Crippen molar-refractivity contribution in [2.24, 2.45) is 0 Å². The minimum atomic E-state index is -0.310. The topological polar surface area (TPSA) is 120 Å². The van der Waals surface area contributed by atoms with Gasteiger partial charge in [-0.2, -0.15) is 0 Å². The molecule has 11 heteroatoms. The van der Waals surface area contributed by atoms with Crippen molar-refractivity contribution < 1.29 is 19.0 Å². The van der Waals surface area contributed by atoms with E-state index in [4.69, 9.17) is 14.2 Å². The maximum Gasteiger partial charge on any atom is 0.266 e. The number of hydrogen-bond donors (Lipinski definition) is 2. The Morgan fingerprint density at radius 1 is 1.06 bits per heavy atom. The van der Waals surface area contributed by atoms with Crippen molar-refractivity contribution >= 4 is 29.0 Å². The summed E-state index contributed by atoms with van der Waals surface area (Å²) in [5.74, 6) is 2.06. The molecule has 0 radical (unpaired) electrons. The average Bonchev–Trinajstić information content (AvgIpc) is 3.23. The van der Waals surface area contributed by atoms with Crippen LogP contribution in [-0.4, -0.2) is 52.1 Å². The monoisotopic (exact) mass is 481 g/mol. The van der Waals surface area contributed by atoms with Gasteiger partial charge in [-0.1, -0.05) is 11.8 Å². The molecule has 0 aliphatic carbocycles. The molecule has 0 fully saturated rings. The SMILES string of the molecule is CCOc1ccc(-c2nc(SCC(=O)Nc3ccc(OC)c(OC)c3)n3[nH]c(=O)cc3n2)cc1. The zero-order valence-electron chi connectivity index (χ0n) is 18.8. The first-order chi connectivity index (χ1) is 16.5. The third-order valence-electron chi connectivity index (χ3n) is 4.75. The predicted octanol–water partition coefficient (Wildman–Crippen LogP) is 3.23. The molecule has 0 saturated carbocycles. The molecular weight excluding hydrogens is 458 g/mol. The van der Waals surface area contributed by atoms with Crippen LogP contribution >= 0.6 is 11.8 Å². The van der Waals surface area contributed by atoms with Crippen molar-refractivity contribution in [1.29, 1.82) is 0 Å². The molecule has 0 atom stereocenters. The maximum atomic E-state index is 12.6. The van der Waals surface area contributed by atoms with Crippen molar-refractivity contribution in [3.8, 4) is 28.6 Å². The fourth-order valence-electron chi connectivity index (χ4n) is 3.22. The number of carbonyl (C=O) groups is 1. The number of rotatable bonds is 9. The first-order valence-corrected chi connectivity index (χ1v) is 11.4. The van der Waals surface area contributed by atoms with Gasteiger partial charge in [-0.25, -0.2) is 14.5 Å². The minimum Gasteiger partial charge on any atom is -0.494 e. The molecule has 4 aromatic rings. The summed E-state index contributed by atoms with van der Waals surface area (Å²) in [5.41, 5.74) is 1.43. The number of anilines is 1. The van der Waals surface area contributed by atoms with Crippen LogP contribution in [0.1, 0.15) is 6.92 Å². The van der Waals surface area contributed by atoms with Crippen molar-refractivity contribution in [3.63, 3.8) is 0 Å². The normalized spacial score (nSPS) is 10.8. The van der Waals surface area contributed by atoms with E-state index in [1.54, 1.807) is 25.3 Å². The van der Waals surface area contributed by atoms with Gasteiger partial charge in [0.25, 0.3) is 5.56 Å². The van der Waals surface area contributed by atoms with Gasteiger partial charge in [0.15, 0.2) is 28.1 Å². The molecule has 4 rings (SSSR count). The van der Waals surface area contributed by atoms with Gasteiger partial charge in [-0.05, 0) is 43.3 Å². The van der Waals surface area contributed by atoms with Crippen LogP contribution in [0, 0.1) is 0 Å². The molecule has 34 heavy (non-hydrogen) atoms. The number of H-pyrrole nitrogens is 1. The standard InChI is InChI=1S/C23H23N5O5S/c1-4-33-16-8-5-14(6-9-16)22-25-19-12-20(29)27-28(19)23(26-22)34-13-21(30)24-15-7-10-17(31-2)18(11-15)32-3/h5-12H,4,13H2,1-3H3,(H,24,30)(H,27,29). The van der Waals surface area contributed by atoms with Gasteiger partial charge < -0.3 is 19.5 Å². The van der Waals surface area contributed by atoms with Crippen LogP contribution in [0.5, 0.6) is 17.2 Å². The molecule has 0 saturated heterocycles. The maximum absolute atomic E-state index is 12.6. The highest BCUT2D eigenvalue weighted by Gasteiger charge is 2.14. The van der Waals surface area contributed by atoms with Crippen LogP contribution < -0.4 is 25.1 Å². The first kappa shape index (κ1) is 23.2. The Labute approximate surface area is 199 Å². The summed E-state index contributed by atoms with van der Waals surface area (Å²) in [5, 5.41) is 5.92. The second kappa shape index (κ2) is 10.3. The Morgan fingerprint density at radius 3 is 2.53 bits per heavy atom. The number of aromatic amines is 1. The molecule has 176 valence electrons. The lowest BCUT2D eigenvalue weighted by molar-refractivity contribution is -0.113. The Hall–Kier alpha value is -3.99. The second-order valence-corrected chi connectivity index (χ2v) is 7.95. The van der Waals surface area contributed by atoms with Crippen molar-refractivity contribution in [3.05, 3.63) is 58.9 Å². The summed E-state index contributed by atoms with van der Waals surface area (Å²) in [6, 6.07) is 13.9. The molecule has 0 bridgehead atoms. The summed E-state index contributed by atoms with van der Waals surface area (Å²) < 4.78 is 17.4. The number of nitrogens with one attached hydrogen (secondary N) is 2. The molecule has 2 heterocycles. The zero-order chi connectivity index (χ0) is 24.1. The van der Waals surface area contributed by atoms with E-state index in [1.165, 1.54) is 29.5 Å². The fraction of sp³-hybridized carbons (Fsp3) is 0.217. The number of amides is 1. The average molecular weight is 482 g/mol. The Kier molecular flexibility index (Phi) is 7.02. The van der Waals surface area contributed by atoms with Crippen LogP contribution in [-0.2, 0) is 4.79 Å². The van der Waals surface area contributed by atoms with Crippen molar-refractivity contribution in [2.75, 3.05) is 31.9 Å². The van der Waals surface area contributed by atoms with Crippen LogP contribution in [0.15, 0.2) is 58.5 Å². The molecule has 2 aromatic heterocycles. The van der Waals surface area contributed by atoms with E-state index < -0.39 is 0 Å². The number of fused-ring (bicyclic) bond motifs is 1. The van der Waals surface area contributed by atoms with Crippen molar-refractivity contribution in [1.82, 2.24) is 19.6 Å². The van der Waals surface area contributed by atoms with E-state index in [9.17, 15) is 9.59 Å². The van der Waals surface area contributed by atoms with E-state index in [0.717, 1.165) is 11.3 Å². The number of ether oxygens (including phenoxy) is 3. The first-order valence-electron chi connectivity index (χ1n) is 10.4. The third kappa shape index (κ3) is 5.15. The third-order valence-corrected chi connectivity index (χ3v) is 5.69. The Balaban J connectivity index is 1.54. The molecule has 0 aliphatic rings. The van der Waals surface area contributed by atoms with E-state index in [0.29, 0.717) is 40.4 Å².